The van der Waals surface area contributed by atoms with Crippen LogP contribution in [0.5, 0.6) is 0 Å². The zero-order valence-electron chi connectivity index (χ0n) is 11.0. The van der Waals surface area contributed by atoms with Gasteiger partial charge in [-0.2, -0.15) is 0 Å². The predicted octanol–water partition coefficient (Wildman–Crippen LogP) is 2.68. The van der Waals surface area contributed by atoms with E-state index in [9.17, 15) is 4.79 Å². The second kappa shape index (κ2) is 4.94. The van der Waals surface area contributed by atoms with Gasteiger partial charge in [-0.25, -0.2) is 0 Å². The summed E-state index contributed by atoms with van der Waals surface area (Å²) in [6.45, 7) is 2.30. The van der Waals surface area contributed by atoms with Crippen LogP contribution in [0.2, 0.25) is 0 Å². The van der Waals surface area contributed by atoms with E-state index in [1.807, 2.05) is 41.9 Å². The van der Waals surface area contributed by atoms with Crippen molar-refractivity contribution in [3.63, 3.8) is 0 Å². The molecule has 0 saturated heterocycles. The van der Waals surface area contributed by atoms with Gasteiger partial charge in [-0.05, 0) is 43.7 Å². The van der Waals surface area contributed by atoms with E-state index in [1.54, 1.807) is 0 Å². The topological polar surface area (TPSA) is 25.2 Å². The molecule has 0 N–H and O–H groups in total. The average Bonchev–Trinajstić information content (AvgIpc) is 2.74. The Hall–Kier alpha value is -1.25. The highest BCUT2D eigenvalue weighted by molar-refractivity contribution is 5.92. The number of hydrogen-bond donors (Lipinski definition) is 0. The van der Waals surface area contributed by atoms with Gasteiger partial charge in [-0.1, -0.05) is 6.92 Å². The molecule has 1 aliphatic rings. The van der Waals surface area contributed by atoms with Crippen LogP contribution < -0.4 is 0 Å². The first-order valence-electron chi connectivity index (χ1n) is 6.48. The third-order valence-corrected chi connectivity index (χ3v) is 4.02. The summed E-state index contributed by atoms with van der Waals surface area (Å²) in [6, 6.07) is 4.24. The molecule has 2 rings (SSSR count). The molecule has 0 bridgehead atoms. The number of carbonyl (C=O) groups is 1. The summed E-state index contributed by atoms with van der Waals surface area (Å²) in [4.78, 5) is 14.2. The lowest BCUT2D eigenvalue weighted by Gasteiger charge is -2.33. The van der Waals surface area contributed by atoms with Crippen LogP contribution in [0.1, 0.15) is 43.1 Å². The predicted molar refractivity (Wildman–Crippen MR) is 68.9 cm³/mol. The molecule has 3 nitrogen and oxygen atoms in total. The number of nitrogens with zero attached hydrogens (tertiary/aromatic N) is 2. The Kier molecular flexibility index (Phi) is 3.55. The van der Waals surface area contributed by atoms with Crippen molar-refractivity contribution < 1.29 is 4.79 Å². The fourth-order valence-electron chi connectivity index (χ4n) is 2.66. The van der Waals surface area contributed by atoms with Crippen LogP contribution >= 0.6 is 0 Å². The maximum absolute atomic E-state index is 12.3. The maximum atomic E-state index is 12.3. The van der Waals surface area contributed by atoms with Crippen LogP contribution in [-0.4, -0.2) is 28.5 Å². The van der Waals surface area contributed by atoms with E-state index < -0.39 is 0 Å². The Balaban J connectivity index is 2.03. The van der Waals surface area contributed by atoms with E-state index in [1.165, 1.54) is 12.8 Å². The van der Waals surface area contributed by atoms with Crippen molar-refractivity contribution in [3.05, 3.63) is 24.0 Å². The highest BCUT2D eigenvalue weighted by Gasteiger charge is 2.26. The van der Waals surface area contributed by atoms with Crippen molar-refractivity contribution in [1.82, 2.24) is 9.47 Å². The van der Waals surface area contributed by atoms with Gasteiger partial charge in [0.25, 0.3) is 5.91 Å². The van der Waals surface area contributed by atoms with Crippen LogP contribution in [0.15, 0.2) is 18.3 Å². The highest BCUT2D eigenvalue weighted by Crippen LogP contribution is 2.27. The number of aryl methyl sites for hydroxylation is 1. The third-order valence-electron chi connectivity index (χ3n) is 4.02. The molecule has 0 spiro atoms. The van der Waals surface area contributed by atoms with E-state index in [2.05, 4.69) is 6.92 Å². The lowest BCUT2D eigenvalue weighted by Crippen LogP contribution is -2.39. The van der Waals surface area contributed by atoms with Crippen LogP contribution in [-0.2, 0) is 7.05 Å². The number of amides is 1. The average molecular weight is 234 g/mol. The molecule has 1 saturated carbocycles. The van der Waals surface area contributed by atoms with Gasteiger partial charge in [-0.15, -0.1) is 0 Å². The largest absolute Gasteiger partial charge is 0.347 e. The second-order valence-corrected chi connectivity index (χ2v) is 5.33. The summed E-state index contributed by atoms with van der Waals surface area (Å²) in [5, 5.41) is 0. The molecule has 1 aromatic heterocycles. The molecular weight excluding hydrogens is 212 g/mol. The first-order valence-corrected chi connectivity index (χ1v) is 6.48. The Morgan fingerprint density at radius 1 is 1.35 bits per heavy atom. The van der Waals surface area contributed by atoms with Crippen molar-refractivity contribution in [3.8, 4) is 0 Å². The standard InChI is InChI=1S/C14H22N2O/c1-11-6-8-12(9-7-11)16(3)14(17)13-5-4-10-15(13)2/h4-5,10-12H,6-9H2,1-3H3. The number of hydrogen-bond acceptors (Lipinski definition) is 1. The molecular formula is C14H22N2O. The minimum absolute atomic E-state index is 0.150. The van der Waals surface area contributed by atoms with Crippen molar-refractivity contribution in [1.29, 1.82) is 0 Å². The molecule has 0 radical (unpaired) electrons. The second-order valence-electron chi connectivity index (χ2n) is 5.33. The number of carbonyl (C=O) groups excluding carboxylic acids is 1. The van der Waals surface area contributed by atoms with E-state index in [-0.39, 0.29) is 5.91 Å². The zero-order chi connectivity index (χ0) is 12.4. The van der Waals surface area contributed by atoms with Crippen LogP contribution in [0.3, 0.4) is 0 Å². The molecule has 17 heavy (non-hydrogen) atoms. The maximum Gasteiger partial charge on any atom is 0.270 e. The van der Waals surface area contributed by atoms with Crippen LogP contribution in [0.4, 0.5) is 0 Å². The number of rotatable bonds is 2. The lowest BCUT2D eigenvalue weighted by molar-refractivity contribution is 0.0670. The number of aromatic nitrogens is 1. The van der Waals surface area contributed by atoms with Gasteiger partial charge in [-0.3, -0.25) is 4.79 Å². The fourth-order valence-corrected chi connectivity index (χ4v) is 2.66. The van der Waals surface area contributed by atoms with E-state index >= 15 is 0 Å². The van der Waals surface area contributed by atoms with Gasteiger partial charge in [0, 0.05) is 26.3 Å². The molecule has 1 aliphatic carbocycles. The lowest BCUT2D eigenvalue weighted by atomic mass is 9.86. The smallest absolute Gasteiger partial charge is 0.270 e. The molecule has 1 aromatic rings. The molecule has 0 unspecified atom stereocenters. The summed E-state index contributed by atoms with van der Waals surface area (Å²) in [6.07, 6.45) is 6.70. The quantitative estimate of drug-likeness (QED) is 0.772. The van der Waals surface area contributed by atoms with Gasteiger partial charge in [0.2, 0.25) is 0 Å². The van der Waals surface area contributed by atoms with Crippen LogP contribution in [0.25, 0.3) is 0 Å². The summed E-state index contributed by atoms with van der Waals surface area (Å²) < 4.78 is 1.89. The van der Waals surface area contributed by atoms with Crippen molar-refractivity contribution in [2.75, 3.05) is 7.05 Å². The monoisotopic (exact) mass is 234 g/mol. The Labute approximate surface area is 103 Å². The first kappa shape index (κ1) is 12.2. The summed E-state index contributed by atoms with van der Waals surface area (Å²) in [5.41, 5.74) is 0.783. The van der Waals surface area contributed by atoms with Crippen molar-refractivity contribution in [2.24, 2.45) is 13.0 Å². The summed E-state index contributed by atoms with van der Waals surface area (Å²) in [7, 11) is 3.86. The van der Waals surface area contributed by atoms with Gasteiger partial charge in [0.15, 0.2) is 0 Å². The molecule has 1 fully saturated rings. The van der Waals surface area contributed by atoms with Gasteiger partial charge in [0.05, 0.1) is 0 Å². The molecule has 1 heterocycles. The Morgan fingerprint density at radius 2 is 2.00 bits per heavy atom. The van der Waals surface area contributed by atoms with Gasteiger partial charge >= 0.3 is 0 Å². The van der Waals surface area contributed by atoms with Gasteiger partial charge < -0.3 is 9.47 Å². The van der Waals surface area contributed by atoms with Crippen molar-refractivity contribution in [2.45, 2.75) is 38.6 Å². The summed E-state index contributed by atoms with van der Waals surface area (Å²) >= 11 is 0. The minimum atomic E-state index is 0.150. The Morgan fingerprint density at radius 3 is 2.53 bits per heavy atom. The molecule has 0 atom stereocenters. The first-order chi connectivity index (χ1) is 8.09. The fraction of sp³-hybridized carbons (Fsp3) is 0.643. The van der Waals surface area contributed by atoms with E-state index in [0.29, 0.717) is 6.04 Å². The molecule has 3 heteroatoms. The molecule has 0 aromatic carbocycles. The van der Waals surface area contributed by atoms with Crippen molar-refractivity contribution >= 4 is 5.91 Å². The minimum Gasteiger partial charge on any atom is -0.347 e. The molecule has 0 aliphatic heterocycles. The van der Waals surface area contributed by atoms with Crippen LogP contribution in [0, 0.1) is 5.92 Å². The molecule has 94 valence electrons. The normalized spacial score (nSPS) is 24.6. The van der Waals surface area contributed by atoms with Gasteiger partial charge in [0.1, 0.15) is 5.69 Å². The third kappa shape index (κ3) is 2.54. The SMILES string of the molecule is CC1CCC(N(C)C(=O)c2cccn2C)CC1. The Bertz CT molecular complexity index is 389. The molecule has 1 amide bonds. The van der Waals surface area contributed by atoms with E-state index in [4.69, 9.17) is 0 Å². The zero-order valence-corrected chi connectivity index (χ0v) is 11.0. The van der Waals surface area contributed by atoms with E-state index in [0.717, 1.165) is 24.5 Å². The highest BCUT2D eigenvalue weighted by atomic mass is 16.2. The summed E-state index contributed by atoms with van der Waals surface area (Å²) in [5.74, 6) is 0.974.